The molecule has 1 rings (SSSR count). The largest absolute Gasteiger partial charge is 0.348 e. The normalized spacial score (nSPS) is 14.6. The summed E-state index contributed by atoms with van der Waals surface area (Å²) in [4.78, 5) is 7.84. The second-order valence-electron chi connectivity index (χ2n) is 5.77. The second kappa shape index (κ2) is 8.34. The number of rotatable bonds is 10. The molecule has 1 aromatic rings. The van der Waals surface area contributed by atoms with Crippen molar-refractivity contribution in [1.82, 2.24) is 9.97 Å². The fourth-order valence-electron chi connectivity index (χ4n) is 2.66. The first-order valence-corrected chi connectivity index (χ1v) is 7.73. The summed E-state index contributed by atoms with van der Waals surface area (Å²) in [7, 11) is 0. The van der Waals surface area contributed by atoms with Crippen molar-refractivity contribution >= 4 is 0 Å². The fraction of sp³-hybridized carbons (Fsp3) is 0.812. The first-order chi connectivity index (χ1) is 8.73. The minimum absolute atomic E-state index is 0.256. The number of imidazole rings is 1. The van der Waals surface area contributed by atoms with Crippen LogP contribution < -0.4 is 0 Å². The van der Waals surface area contributed by atoms with Crippen LogP contribution in [0.3, 0.4) is 0 Å². The quantitative estimate of drug-likeness (QED) is 0.567. The molecule has 18 heavy (non-hydrogen) atoms. The maximum atomic E-state index is 4.51. The Morgan fingerprint density at radius 2 is 1.61 bits per heavy atom. The lowest BCUT2D eigenvalue weighted by molar-refractivity contribution is 0.349. The van der Waals surface area contributed by atoms with Gasteiger partial charge in [0.05, 0.1) is 0 Å². The third-order valence-electron chi connectivity index (χ3n) is 3.98. The number of nitrogens with one attached hydrogen (secondary N) is 1. The zero-order valence-corrected chi connectivity index (χ0v) is 12.5. The van der Waals surface area contributed by atoms with Crippen molar-refractivity contribution in [3.8, 4) is 0 Å². The van der Waals surface area contributed by atoms with Gasteiger partial charge in [-0.1, -0.05) is 65.7 Å². The number of H-pyrrole nitrogens is 1. The smallest absolute Gasteiger partial charge is 0.111 e. The minimum atomic E-state index is 0.256. The molecule has 0 spiro atoms. The molecule has 0 aliphatic rings. The Morgan fingerprint density at radius 1 is 1.00 bits per heavy atom. The van der Waals surface area contributed by atoms with Gasteiger partial charge in [-0.15, -0.1) is 0 Å². The van der Waals surface area contributed by atoms with Gasteiger partial charge in [-0.2, -0.15) is 0 Å². The summed E-state index contributed by atoms with van der Waals surface area (Å²) in [5.74, 6) is 1.19. The Kier molecular flexibility index (Phi) is 7.07. The number of unbranched alkanes of at least 4 members (excludes halogenated alkanes) is 5. The monoisotopic (exact) mass is 250 g/mol. The molecule has 1 atom stereocenters. The van der Waals surface area contributed by atoms with E-state index in [2.05, 4.69) is 30.7 Å². The molecule has 0 radical (unpaired) electrons. The molecule has 104 valence electrons. The molecule has 0 aliphatic heterocycles. The van der Waals surface area contributed by atoms with Gasteiger partial charge in [-0.25, -0.2) is 4.98 Å². The van der Waals surface area contributed by atoms with Crippen LogP contribution in [0, 0.1) is 0 Å². The average Bonchev–Trinajstić information content (AvgIpc) is 2.89. The first-order valence-electron chi connectivity index (χ1n) is 7.73. The molecule has 1 heterocycles. The van der Waals surface area contributed by atoms with Crippen molar-refractivity contribution in [3.63, 3.8) is 0 Å². The average molecular weight is 250 g/mol. The van der Waals surface area contributed by atoms with Crippen molar-refractivity contribution in [1.29, 1.82) is 0 Å². The zero-order valence-electron chi connectivity index (χ0n) is 12.5. The van der Waals surface area contributed by atoms with Crippen LogP contribution >= 0.6 is 0 Å². The van der Waals surface area contributed by atoms with E-state index >= 15 is 0 Å². The van der Waals surface area contributed by atoms with Crippen molar-refractivity contribution in [2.24, 2.45) is 0 Å². The van der Waals surface area contributed by atoms with Crippen LogP contribution in [-0.2, 0) is 5.41 Å². The topological polar surface area (TPSA) is 28.7 Å². The Labute approximate surface area is 113 Å². The Hall–Kier alpha value is -0.790. The minimum Gasteiger partial charge on any atom is -0.348 e. The van der Waals surface area contributed by atoms with Crippen molar-refractivity contribution in [2.75, 3.05) is 0 Å². The van der Waals surface area contributed by atoms with Gasteiger partial charge in [0.1, 0.15) is 5.82 Å². The highest BCUT2D eigenvalue weighted by atomic mass is 14.9. The number of hydrogen-bond acceptors (Lipinski definition) is 1. The highest BCUT2D eigenvalue weighted by molar-refractivity contribution is 5.05. The molecule has 0 bridgehead atoms. The SMILES string of the molecule is CCCCCCC(C)(CCCCC)c1ncc[nH]1. The van der Waals surface area contributed by atoms with Crippen molar-refractivity contribution < 1.29 is 0 Å². The molecule has 1 N–H and O–H groups in total. The van der Waals surface area contributed by atoms with Crippen molar-refractivity contribution in [2.45, 2.75) is 84.0 Å². The fourth-order valence-corrected chi connectivity index (χ4v) is 2.66. The van der Waals surface area contributed by atoms with E-state index in [-0.39, 0.29) is 5.41 Å². The lowest BCUT2D eigenvalue weighted by Gasteiger charge is -2.27. The maximum Gasteiger partial charge on any atom is 0.111 e. The van der Waals surface area contributed by atoms with E-state index in [1.54, 1.807) is 0 Å². The molecule has 0 saturated heterocycles. The van der Waals surface area contributed by atoms with Gasteiger partial charge in [0.2, 0.25) is 0 Å². The third-order valence-corrected chi connectivity index (χ3v) is 3.98. The van der Waals surface area contributed by atoms with E-state index in [0.29, 0.717) is 0 Å². The number of aromatic amines is 1. The van der Waals surface area contributed by atoms with Gasteiger partial charge in [0, 0.05) is 17.8 Å². The van der Waals surface area contributed by atoms with Gasteiger partial charge in [0.25, 0.3) is 0 Å². The van der Waals surface area contributed by atoms with Crippen LogP contribution in [0.25, 0.3) is 0 Å². The second-order valence-corrected chi connectivity index (χ2v) is 5.77. The van der Waals surface area contributed by atoms with E-state index in [1.165, 1.54) is 63.6 Å². The Morgan fingerprint density at radius 3 is 2.17 bits per heavy atom. The van der Waals surface area contributed by atoms with Crippen LogP contribution in [0.15, 0.2) is 12.4 Å². The molecule has 0 saturated carbocycles. The maximum absolute atomic E-state index is 4.51. The van der Waals surface area contributed by atoms with Gasteiger partial charge < -0.3 is 4.98 Å². The molecule has 2 nitrogen and oxygen atoms in total. The summed E-state index contributed by atoms with van der Waals surface area (Å²) >= 11 is 0. The molecular formula is C16H30N2. The van der Waals surface area contributed by atoms with E-state index in [4.69, 9.17) is 0 Å². The summed E-state index contributed by atoms with van der Waals surface area (Å²) in [6.07, 6.45) is 15.7. The molecule has 1 aromatic heterocycles. The molecule has 0 fully saturated rings. The predicted molar refractivity (Wildman–Crippen MR) is 78.8 cm³/mol. The number of hydrogen-bond donors (Lipinski definition) is 1. The van der Waals surface area contributed by atoms with Crippen LogP contribution in [0.5, 0.6) is 0 Å². The van der Waals surface area contributed by atoms with Crippen molar-refractivity contribution in [3.05, 3.63) is 18.2 Å². The first kappa shape index (κ1) is 15.3. The van der Waals surface area contributed by atoms with Gasteiger partial charge in [0.15, 0.2) is 0 Å². The van der Waals surface area contributed by atoms with E-state index < -0.39 is 0 Å². The standard InChI is InChI=1S/C16H30N2/c1-4-6-8-10-12-16(3,11-9-7-5-2)15-17-13-14-18-15/h13-14H,4-12H2,1-3H3,(H,17,18). The van der Waals surface area contributed by atoms with Gasteiger partial charge >= 0.3 is 0 Å². The highest BCUT2D eigenvalue weighted by Gasteiger charge is 2.27. The lowest BCUT2D eigenvalue weighted by Crippen LogP contribution is -2.23. The predicted octanol–water partition coefficient (Wildman–Crippen LogP) is 5.22. The van der Waals surface area contributed by atoms with Gasteiger partial charge in [-0.3, -0.25) is 0 Å². The van der Waals surface area contributed by atoms with E-state index in [1.807, 2.05) is 12.4 Å². The number of nitrogens with zero attached hydrogens (tertiary/aromatic N) is 1. The summed E-state index contributed by atoms with van der Waals surface area (Å²) in [6.45, 7) is 6.92. The van der Waals surface area contributed by atoms with Gasteiger partial charge in [-0.05, 0) is 12.8 Å². The molecule has 0 amide bonds. The Balaban J connectivity index is 2.51. The summed E-state index contributed by atoms with van der Waals surface area (Å²) < 4.78 is 0. The molecule has 1 unspecified atom stereocenters. The zero-order chi connectivity index (χ0) is 13.3. The van der Waals surface area contributed by atoms with Crippen LogP contribution in [0.4, 0.5) is 0 Å². The number of aromatic nitrogens is 2. The van der Waals surface area contributed by atoms with Crippen LogP contribution in [-0.4, -0.2) is 9.97 Å². The molecule has 0 aliphatic carbocycles. The summed E-state index contributed by atoms with van der Waals surface area (Å²) in [6, 6.07) is 0. The summed E-state index contributed by atoms with van der Waals surface area (Å²) in [5, 5.41) is 0. The van der Waals surface area contributed by atoms with Crippen LogP contribution in [0.1, 0.15) is 84.4 Å². The lowest BCUT2D eigenvalue weighted by atomic mass is 9.79. The highest BCUT2D eigenvalue weighted by Crippen LogP contribution is 2.33. The van der Waals surface area contributed by atoms with E-state index in [0.717, 1.165) is 0 Å². The molecule has 2 heteroatoms. The van der Waals surface area contributed by atoms with E-state index in [9.17, 15) is 0 Å². The Bertz CT molecular complexity index is 292. The molecule has 0 aromatic carbocycles. The van der Waals surface area contributed by atoms with Crippen LogP contribution in [0.2, 0.25) is 0 Å². The third kappa shape index (κ3) is 4.83. The summed E-state index contributed by atoms with van der Waals surface area (Å²) in [5.41, 5.74) is 0.256. The molecular weight excluding hydrogens is 220 g/mol.